The lowest BCUT2D eigenvalue weighted by Crippen LogP contribution is -2.67. The van der Waals surface area contributed by atoms with Crippen LogP contribution in [0, 0.1) is 16.7 Å². The lowest BCUT2D eigenvalue weighted by atomic mass is 9.51. The molecule has 3 aliphatic heterocycles. The highest BCUT2D eigenvalue weighted by Crippen LogP contribution is 2.72. The van der Waals surface area contributed by atoms with Gasteiger partial charge in [0.15, 0.2) is 6.10 Å². The van der Waals surface area contributed by atoms with E-state index >= 15 is 0 Å². The van der Waals surface area contributed by atoms with Crippen molar-refractivity contribution in [1.29, 1.82) is 0 Å². The Balaban J connectivity index is 1.52. The van der Waals surface area contributed by atoms with Crippen molar-refractivity contribution in [2.75, 3.05) is 19.8 Å². The molecule has 2 saturated heterocycles. The average Bonchev–Trinajstić information content (AvgIpc) is 3.69. The molecule has 2 aliphatic carbocycles. The van der Waals surface area contributed by atoms with Crippen LogP contribution < -0.4 is 0 Å². The Labute approximate surface area is 243 Å². The molecular weight excluding hydrogens is 528 g/mol. The van der Waals surface area contributed by atoms with Crippen LogP contribution in [0.4, 0.5) is 0 Å². The molecule has 0 aromatic rings. The van der Waals surface area contributed by atoms with E-state index in [2.05, 4.69) is 19.9 Å². The van der Waals surface area contributed by atoms with Crippen molar-refractivity contribution in [3.63, 3.8) is 0 Å². The van der Waals surface area contributed by atoms with Crippen molar-refractivity contribution < 1.29 is 43.1 Å². The highest BCUT2D eigenvalue weighted by atomic mass is 16.6. The summed E-state index contributed by atoms with van der Waals surface area (Å²) in [6, 6.07) is 0. The number of epoxide rings is 1. The molecule has 1 N–H and O–H groups in total. The second-order valence-corrected chi connectivity index (χ2v) is 13.1. The standard InChI is InChI=1S/C32H46O9/c1-19(2)39-28-21(4)12-14-36-23(22(5)33)9-7-8-10-27(34)41-24-16-26-32(18-38-32)30(24,6)31(17-37-29(28)35)13-11-20(3)15-25(31)40-26/h7-10,15,19,21-26,28,33H,11-14,16-18H2,1-6H3/b9-7+,10-8-/t21-,22-,23-,24-,25-,26-,28+,30-,31-,32+/m1/s1. The molecule has 228 valence electrons. The zero-order valence-corrected chi connectivity index (χ0v) is 25.2. The van der Waals surface area contributed by atoms with E-state index in [4.69, 9.17) is 28.4 Å². The van der Waals surface area contributed by atoms with Crippen LogP contribution in [0.5, 0.6) is 0 Å². The van der Waals surface area contributed by atoms with Gasteiger partial charge in [-0.2, -0.15) is 0 Å². The molecule has 2 spiro atoms. The molecule has 10 atom stereocenters. The van der Waals surface area contributed by atoms with Gasteiger partial charge in [0.25, 0.3) is 0 Å². The van der Waals surface area contributed by atoms with Crippen LogP contribution in [0.3, 0.4) is 0 Å². The number of allylic oxidation sites excluding steroid dienone is 3. The molecule has 5 aliphatic rings. The van der Waals surface area contributed by atoms with E-state index in [0.717, 1.165) is 6.42 Å². The Bertz CT molecular complexity index is 1090. The van der Waals surface area contributed by atoms with Crippen molar-refractivity contribution in [2.24, 2.45) is 16.7 Å². The quantitative estimate of drug-likeness (QED) is 0.305. The van der Waals surface area contributed by atoms with E-state index in [1.807, 2.05) is 20.8 Å². The molecule has 3 heterocycles. The fraction of sp³-hybridized carbons (Fsp3) is 0.750. The van der Waals surface area contributed by atoms with Crippen molar-refractivity contribution in [3.8, 4) is 0 Å². The first-order chi connectivity index (χ1) is 19.4. The van der Waals surface area contributed by atoms with Crippen molar-refractivity contribution in [3.05, 3.63) is 36.0 Å². The van der Waals surface area contributed by atoms with Gasteiger partial charge in [0, 0.05) is 24.5 Å². The summed E-state index contributed by atoms with van der Waals surface area (Å²) >= 11 is 0. The van der Waals surface area contributed by atoms with Gasteiger partial charge in [-0.3, -0.25) is 0 Å². The third-order valence-corrected chi connectivity index (χ3v) is 10.1. The largest absolute Gasteiger partial charge is 0.463 e. The van der Waals surface area contributed by atoms with Crippen LogP contribution in [0.25, 0.3) is 0 Å². The van der Waals surface area contributed by atoms with Gasteiger partial charge in [0.05, 0.1) is 36.4 Å². The summed E-state index contributed by atoms with van der Waals surface area (Å²) in [6.07, 6.45) is 7.81. The van der Waals surface area contributed by atoms with Crippen LogP contribution >= 0.6 is 0 Å². The van der Waals surface area contributed by atoms with Crippen LogP contribution in [0.15, 0.2) is 36.0 Å². The Morgan fingerprint density at radius 1 is 1.12 bits per heavy atom. The maximum atomic E-state index is 13.7. The smallest absolute Gasteiger partial charge is 0.335 e. The summed E-state index contributed by atoms with van der Waals surface area (Å²) in [4.78, 5) is 26.8. The van der Waals surface area contributed by atoms with Crippen molar-refractivity contribution >= 4 is 11.9 Å². The van der Waals surface area contributed by atoms with E-state index in [1.165, 1.54) is 11.6 Å². The third-order valence-electron chi connectivity index (χ3n) is 10.1. The number of carbonyl (C=O) groups is 2. The van der Waals surface area contributed by atoms with E-state index in [-0.39, 0.29) is 30.8 Å². The second-order valence-electron chi connectivity index (χ2n) is 13.1. The normalized spacial score (nSPS) is 45.5. The highest BCUT2D eigenvalue weighted by molar-refractivity contribution is 5.82. The Morgan fingerprint density at radius 2 is 1.88 bits per heavy atom. The lowest BCUT2D eigenvalue weighted by molar-refractivity contribution is -0.235. The molecular formula is C32H46O9. The van der Waals surface area contributed by atoms with Crippen molar-refractivity contribution in [2.45, 2.75) is 116 Å². The first kappa shape index (κ1) is 30.4. The summed E-state index contributed by atoms with van der Waals surface area (Å²) in [7, 11) is 0. The number of aliphatic hydroxyl groups excluding tert-OH is 1. The first-order valence-corrected chi connectivity index (χ1v) is 15.1. The number of rotatable bonds is 3. The van der Waals surface area contributed by atoms with Crippen LogP contribution in [-0.2, 0) is 38.0 Å². The number of cyclic esters (lactones) is 1. The Hall–Kier alpha value is -2.04. The highest BCUT2D eigenvalue weighted by Gasteiger charge is 2.83. The van der Waals surface area contributed by atoms with Gasteiger partial charge in [-0.25, -0.2) is 9.59 Å². The van der Waals surface area contributed by atoms with E-state index in [9.17, 15) is 14.7 Å². The van der Waals surface area contributed by atoms with Gasteiger partial charge in [0.1, 0.15) is 24.4 Å². The summed E-state index contributed by atoms with van der Waals surface area (Å²) in [5, 5.41) is 10.2. The van der Waals surface area contributed by atoms with Gasteiger partial charge in [-0.15, -0.1) is 0 Å². The predicted octanol–water partition coefficient (Wildman–Crippen LogP) is 3.83. The summed E-state index contributed by atoms with van der Waals surface area (Å²) in [6.45, 7) is 12.6. The minimum absolute atomic E-state index is 0.104. The maximum Gasteiger partial charge on any atom is 0.335 e. The zero-order valence-electron chi connectivity index (χ0n) is 25.2. The van der Waals surface area contributed by atoms with Crippen LogP contribution in [0.2, 0.25) is 0 Å². The van der Waals surface area contributed by atoms with Crippen LogP contribution in [-0.4, -0.2) is 85.2 Å². The fourth-order valence-electron chi connectivity index (χ4n) is 7.52. The molecule has 0 unspecified atom stereocenters. The van der Waals surface area contributed by atoms with E-state index in [0.29, 0.717) is 32.5 Å². The predicted molar refractivity (Wildman–Crippen MR) is 150 cm³/mol. The zero-order chi connectivity index (χ0) is 29.6. The minimum Gasteiger partial charge on any atom is -0.463 e. The van der Waals surface area contributed by atoms with E-state index < -0.39 is 52.8 Å². The number of ether oxygens (including phenoxy) is 6. The van der Waals surface area contributed by atoms with Crippen LogP contribution in [0.1, 0.15) is 67.2 Å². The molecule has 0 radical (unpaired) electrons. The molecule has 0 aromatic heterocycles. The number of hydrogen-bond donors (Lipinski definition) is 1. The molecule has 9 nitrogen and oxygen atoms in total. The number of esters is 2. The molecule has 5 rings (SSSR count). The van der Waals surface area contributed by atoms with Gasteiger partial charge < -0.3 is 33.5 Å². The topological polar surface area (TPSA) is 113 Å². The molecule has 0 aromatic carbocycles. The number of carbonyl (C=O) groups excluding carboxylic acids is 2. The lowest BCUT2D eigenvalue weighted by Gasteiger charge is -2.58. The van der Waals surface area contributed by atoms with Gasteiger partial charge >= 0.3 is 11.9 Å². The monoisotopic (exact) mass is 574 g/mol. The van der Waals surface area contributed by atoms with Gasteiger partial charge in [0.2, 0.25) is 0 Å². The minimum atomic E-state index is -0.787. The van der Waals surface area contributed by atoms with Gasteiger partial charge in [-0.05, 0) is 52.9 Å². The third kappa shape index (κ3) is 5.33. The maximum absolute atomic E-state index is 13.7. The fourth-order valence-corrected chi connectivity index (χ4v) is 7.52. The summed E-state index contributed by atoms with van der Waals surface area (Å²) in [5.41, 5.74) is -0.644. The molecule has 2 bridgehead atoms. The SMILES string of the molecule is CC1=C[C@H]2O[C@@H]3C[C@H]4OC(=O)/C=C\C=C\[C@H]([C@@H](C)O)OCC[C@@H](C)[C@H](OC(C)C)C(=O)OC[C@@]2(CC1)[C@]4(C)[C@]31CO1. The van der Waals surface area contributed by atoms with Crippen molar-refractivity contribution in [1.82, 2.24) is 0 Å². The second kappa shape index (κ2) is 11.6. The Kier molecular flexibility index (Phi) is 8.58. The Morgan fingerprint density at radius 3 is 2.56 bits per heavy atom. The van der Waals surface area contributed by atoms with Gasteiger partial charge in [-0.1, -0.05) is 43.7 Å². The summed E-state index contributed by atoms with van der Waals surface area (Å²) < 4.78 is 37.3. The molecule has 1 saturated carbocycles. The number of hydrogen-bond acceptors (Lipinski definition) is 9. The molecule has 3 fully saturated rings. The average molecular weight is 575 g/mol. The summed E-state index contributed by atoms with van der Waals surface area (Å²) in [5.74, 6) is -1.08. The first-order valence-electron chi connectivity index (χ1n) is 15.1. The number of aliphatic hydroxyl groups is 1. The molecule has 41 heavy (non-hydrogen) atoms. The van der Waals surface area contributed by atoms with E-state index in [1.54, 1.807) is 25.2 Å². The molecule has 9 heteroatoms. The molecule has 0 amide bonds.